The Morgan fingerprint density at radius 1 is 0.962 bits per heavy atom. The van der Waals surface area contributed by atoms with E-state index in [0.717, 1.165) is 11.3 Å². The summed E-state index contributed by atoms with van der Waals surface area (Å²) in [6.07, 6.45) is 3.74. The number of hydrogen-bond donors (Lipinski definition) is 3. The van der Waals surface area contributed by atoms with Crippen LogP contribution in [0.25, 0.3) is 5.69 Å². The zero-order valence-electron chi connectivity index (χ0n) is 13.8. The molecule has 26 heavy (non-hydrogen) atoms. The standard InChI is InChI=1S/C19H17FN4OS/c20-15-9-7-14(8-10-15)13-21-19(26)23-22-18(25)16-5-1-2-6-17(16)24-11-3-4-12-24/h1-12H,13H2,(H,22,25)(H2,21,23,26). The van der Waals surface area contributed by atoms with Gasteiger partial charge in [0, 0.05) is 18.9 Å². The number of hydrazine groups is 1. The van der Waals surface area contributed by atoms with Gasteiger partial charge in [-0.2, -0.15) is 0 Å². The highest BCUT2D eigenvalue weighted by Gasteiger charge is 2.11. The first-order valence-electron chi connectivity index (χ1n) is 7.94. The lowest BCUT2D eigenvalue weighted by Gasteiger charge is -2.14. The third-order valence-electron chi connectivity index (χ3n) is 3.69. The summed E-state index contributed by atoms with van der Waals surface area (Å²) in [5.41, 5.74) is 7.41. The maximum Gasteiger partial charge on any atom is 0.271 e. The molecule has 3 rings (SSSR count). The van der Waals surface area contributed by atoms with Crippen LogP contribution in [0.3, 0.4) is 0 Å². The Morgan fingerprint density at radius 2 is 1.65 bits per heavy atom. The van der Waals surface area contributed by atoms with Crippen LogP contribution in [0, 0.1) is 5.82 Å². The lowest BCUT2D eigenvalue weighted by Crippen LogP contribution is -2.46. The Morgan fingerprint density at radius 3 is 2.38 bits per heavy atom. The number of carbonyl (C=O) groups excluding carboxylic acids is 1. The van der Waals surface area contributed by atoms with Crippen LogP contribution in [-0.4, -0.2) is 15.6 Å². The molecule has 132 valence electrons. The van der Waals surface area contributed by atoms with Gasteiger partial charge in [-0.25, -0.2) is 4.39 Å². The second-order valence-electron chi connectivity index (χ2n) is 5.50. The molecule has 0 unspecified atom stereocenters. The molecule has 5 nitrogen and oxygen atoms in total. The number of thiocarbonyl (C=S) groups is 1. The molecule has 1 amide bonds. The van der Waals surface area contributed by atoms with Gasteiger partial charge in [-0.05, 0) is 54.2 Å². The number of nitrogens with one attached hydrogen (secondary N) is 3. The SMILES string of the molecule is O=C(NNC(=S)NCc1ccc(F)cc1)c1ccccc1-n1cccc1. The van der Waals surface area contributed by atoms with Crippen molar-refractivity contribution in [1.82, 2.24) is 20.7 Å². The third kappa shape index (κ3) is 4.46. The minimum Gasteiger partial charge on any atom is -0.357 e. The van der Waals surface area contributed by atoms with Crippen molar-refractivity contribution in [2.45, 2.75) is 6.54 Å². The van der Waals surface area contributed by atoms with Crippen LogP contribution >= 0.6 is 12.2 Å². The Hall–Kier alpha value is -3.19. The molecule has 3 N–H and O–H groups in total. The highest BCUT2D eigenvalue weighted by molar-refractivity contribution is 7.80. The summed E-state index contributed by atoms with van der Waals surface area (Å²) in [5.74, 6) is -0.594. The van der Waals surface area contributed by atoms with Crippen LogP contribution in [0.1, 0.15) is 15.9 Å². The fourth-order valence-electron chi connectivity index (χ4n) is 2.40. The van der Waals surface area contributed by atoms with E-state index in [9.17, 15) is 9.18 Å². The molecule has 1 aromatic heterocycles. The Balaban J connectivity index is 1.56. The molecule has 3 aromatic rings. The lowest BCUT2D eigenvalue weighted by molar-refractivity contribution is 0.0943. The molecule has 1 heterocycles. The van der Waals surface area contributed by atoms with E-state index in [-0.39, 0.29) is 16.8 Å². The van der Waals surface area contributed by atoms with E-state index in [4.69, 9.17) is 12.2 Å². The van der Waals surface area contributed by atoms with Crippen molar-refractivity contribution < 1.29 is 9.18 Å². The molecule has 0 aliphatic rings. The van der Waals surface area contributed by atoms with Crippen LogP contribution in [0.5, 0.6) is 0 Å². The van der Waals surface area contributed by atoms with Gasteiger partial charge < -0.3 is 9.88 Å². The predicted octanol–water partition coefficient (Wildman–Crippen LogP) is 2.93. The second-order valence-corrected chi connectivity index (χ2v) is 5.90. The van der Waals surface area contributed by atoms with Crippen LogP contribution in [-0.2, 0) is 6.54 Å². The minimum absolute atomic E-state index is 0.265. The molecule has 0 saturated carbocycles. The number of rotatable bonds is 4. The molecular formula is C19H17FN4OS. The Kier molecular flexibility index (Phi) is 5.60. The average Bonchev–Trinajstić information content (AvgIpc) is 3.20. The summed E-state index contributed by atoms with van der Waals surface area (Å²) in [4.78, 5) is 12.5. The number of para-hydroxylation sites is 1. The van der Waals surface area contributed by atoms with Crippen molar-refractivity contribution in [2.24, 2.45) is 0 Å². The molecule has 0 spiro atoms. The summed E-state index contributed by atoms with van der Waals surface area (Å²) >= 11 is 5.14. The van der Waals surface area contributed by atoms with E-state index in [0.29, 0.717) is 12.1 Å². The van der Waals surface area contributed by atoms with Crippen molar-refractivity contribution in [3.63, 3.8) is 0 Å². The van der Waals surface area contributed by atoms with E-state index < -0.39 is 0 Å². The van der Waals surface area contributed by atoms with E-state index >= 15 is 0 Å². The molecule has 7 heteroatoms. The second kappa shape index (κ2) is 8.26. The molecule has 0 radical (unpaired) electrons. The summed E-state index contributed by atoms with van der Waals surface area (Å²) in [6, 6.07) is 17.1. The Bertz CT molecular complexity index is 894. The van der Waals surface area contributed by atoms with Gasteiger partial charge in [0.2, 0.25) is 0 Å². The zero-order valence-corrected chi connectivity index (χ0v) is 14.6. The van der Waals surface area contributed by atoms with E-state index in [1.165, 1.54) is 12.1 Å². The van der Waals surface area contributed by atoms with E-state index in [2.05, 4.69) is 16.2 Å². The molecule has 0 bridgehead atoms. The van der Waals surface area contributed by atoms with Crippen molar-refractivity contribution in [3.8, 4) is 5.69 Å². The number of hydrogen-bond acceptors (Lipinski definition) is 2. The van der Waals surface area contributed by atoms with Crippen molar-refractivity contribution in [2.75, 3.05) is 0 Å². The van der Waals surface area contributed by atoms with Gasteiger partial charge in [0.05, 0.1) is 11.3 Å². The van der Waals surface area contributed by atoms with Crippen molar-refractivity contribution in [3.05, 3.63) is 90.0 Å². The van der Waals surface area contributed by atoms with Gasteiger partial charge in [-0.1, -0.05) is 24.3 Å². The normalized spacial score (nSPS) is 10.2. The van der Waals surface area contributed by atoms with Gasteiger partial charge in [-0.3, -0.25) is 15.6 Å². The molecule has 0 fully saturated rings. The first-order chi connectivity index (χ1) is 12.6. The summed E-state index contributed by atoms with van der Waals surface area (Å²) in [5, 5.41) is 3.21. The number of carbonyl (C=O) groups is 1. The average molecular weight is 368 g/mol. The fourth-order valence-corrected chi connectivity index (χ4v) is 2.52. The van der Waals surface area contributed by atoms with Gasteiger partial charge in [0.25, 0.3) is 5.91 Å². The monoisotopic (exact) mass is 368 g/mol. The van der Waals surface area contributed by atoms with Gasteiger partial charge in [0.1, 0.15) is 5.82 Å². The molecular weight excluding hydrogens is 351 g/mol. The highest BCUT2D eigenvalue weighted by Crippen LogP contribution is 2.14. The van der Waals surface area contributed by atoms with Crippen molar-refractivity contribution in [1.29, 1.82) is 0 Å². The van der Waals surface area contributed by atoms with Crippen LogP contribution < -0.4 is 16.2 Å². The molecule has 0 aliphatic heterocycles. The highest BCUT2D eigenvalue weighted by atomic mass is 32.1. The van der Waals surface area contributed by atoms with Gasteiger partial charge in [-0.15, -0.1) is 0 Å². The molecule has 0 saturated heterocycles. The predicted molar refractivity (Wildman–Crippen MR) is 102 cm³/mol. The molecule has 0 atom stereocenters. The van der Waals surface area contributed by atoms with Gasteiger partial charge >= 0.3 is 0 Å². The molecule has 0 aliphatic carbocycles. The number of nitrogens with zero attached hydrogens (tertiary/aromatic N) is 1. The summed E-state index contributed by atoms with van der Waals surface area (Å²) in [6.45, 7) is 0.419. The third-order valence-corrected chi connectivity index (χ3v) is 3.93. The number of benzene rings is 2. The summed E-state index contributed by atoms with van der Waals surface area (Å²) in [7, 11) is 0. The smallest absolute Gasteiger partial charge is 0.271 e. The fraction of sp³-hybridized carbons (Fsp3) is 0.0526. The summed E-state index contributed by atoms with van der Waals surface area (Å²) < 4.78 is 14.7. The molecule has 2 aromatic carbocycles. The minimum atomic E-state index is -0.305. The largest absolute Gasteiger partial charge is 0.357 e. The first kappa shape index (κ1) is 17.6. The quantitative estimate of drug-likeness (QED) is 0.490. The van der Waals surface area contributed by atoms with Crippen LogP contribution in [0.4, 0.5) is 4.39 Å². The topological polar surface area (TPSA) is 58.1 Å². The number of amides is 1. The van der Waals surface area contributed by atoms with E-state index in [1.54, 1.807) is 24.3 Å². The first-order valence-corrected chi connectivity index (χ1v) is 8.35. The number of halogens is 1. The maximum atomic E-state index is 12.9. The lowest BCUT2D eigenvalue weighted by atomic mass is 10.1. The van der Waals surface area contributed by atoms with Crippen LogP contribution in [0.2, 0.25) is 0 Å². The van der Waals surface area contributed by atoms with Gasteiger partial charge in [0.15, 0.2) is 5.11 Å². The Labute approximate surface area is 155 Å². The zero-order chi connectivity index (χ0) is 18.4. The van der Waals surface area contributed by atoms with Crippen LogP contribution in [0.15, 0.2) is 73.1 Å². The van der Waals surface area contributed by atoms with E-state index in [1.807, 2.05) is 41.2 Å². The van der Waals surface area contributed by atoms with Crippen molar-refractivity contribution >= 4 is 23.2 Å². The maximum absolute atomic E-state index is 12.9. The number of aromatic nitrogens is 1.